The largest absolute Gasteiger partial charge is 0.486 e. The maximum absolute atomic E-state index is 5.74. The third kappa shape index (κ3) is 3.96. The van der Waals surface area contributed by atoms with Crippen molar-refractivity contribution in [1.29, 1.82) is 0 Å². The second-order valence-corrected chi connectivity index (χ2v) is 9.19. The van der Waals surface area contributed by atoms with Crippen molar-refractivity contribution in [3.63, 3.8) is 0 Å². The third-order valence-corrected chi connectivity index (χ3v) is 7.20. The van der Waals surface area contributed by atoms with E-state index >= 15 is 0 Å². The van der Waals surface area contributed by atoms with Crippen LogP contribution >= 0.6 is 0 Å². The number of hydrogen-bond acceptors (Lipinski definition) is 7. The van der Waals surface area contributed by atoms with E-state index in [0.717, 1.165) is 75.7 Å². The number of fused-ring (bicyclic) bond motifs is 2. The SMILES string of the molecule is c1cc2c(cc1CN1CCc3nc(N4CCN(C5CCC5)CC4)ncc3C1)OCCO2. The summed E-state index contributed by atoms with van der Waals surface area (Å²) < 4.78 is 11.4. The first kappa shape index (κ1) is 19.3. The Hall–Kier alpha value is -2.38. The van der Waals surface area contributed by atoms with Crippen molar-refractivity contribution < 1.29 is 9.47 Å². The third-order valence-electron chi connectivity index (χ3n) is 7.20. The summed E-state index contributed by atoms with van der Waals surface area (Å²) in [7, 11) is 0. The maximum atomic E-state index is 5.74. The molecule has 1 aliphatic carbocycles. The van der Waals surface area contributed by atoms with E-state index in [-0.39, 0.29) is 0 Å². The predicted octanol–water partition coefficient (Wildman–Crippen LogP) is 2.48. The molecule has 1 aromatic carbocycles. The fraction of sp³-hybridized carbons (Fsp3) is 0.583. The van der Waals surface area contributed by atoms with Gasteiger partial charge in [-0.15, -0.1) is 0 Å². The topological polar surface area (TPSA) is 54.0 Å². The van der Waals surface area contributed by atoms with Gasteiger partial charge in [-0.1, -0.05) is 12.5 Å². The van der Waals surface area contributed by atoms with Gasteiger partial charge in [-0.05, 0) is 30.5 Å². The fourth-order valence-electron chi connectivity index (χ4n) is 5.13. The molecule has 1 saturated carbocycles. The molecule has 0 amide bonds. The minimum absolute atomic E-state index is 0.628. The summed E-state index contributed by atoms with van der Waals surface area (Å²) in [5, 5.41) is 0. The van der Waals surface area contributed by atoms with Crippen molar-refractivity contribution in [2.75, 3.05) is 50.8 Å². The van der Waals surface area contributed by atoms with Crippen molar-refractivity contribution >= 4 is 5.95 Å². The Labute approximate surface area is 184 Å². The summed E-state index contributed by atoms with van der Waals surface area (Å²) in [6.07, 6.45) is 7.23. The minimum atomic E-state index is 0.628. The van der Waals surface area contributed by atoms with Crippen LogP contribution in [0, 0.1) is 0 Å². The quantitative estimate of drug-likeness (QED) is 0.752. The number of nitrogens with zero attached hydrogens (tertiary/aromatic N) is 5. The van der Waals surface area contributed by atoms with Gasteiger partial charge in [-0.3, -0.25) is 9.80 Å². The van der Waals surface area contributed by atoms with Crippen LogP contribution in [-0.4, -0.2) is 71.7 Å². The molecule has 4 aliphatic rings. The van der Waals surface area contributed by atoms with Gasteiger partial charge in [0.15, 0.2) is 11.5 Å². The van der Waals surface area contributed by atoms with Gasteiger partial charge in [-0.2, -0.15) is 0 Å². The molecule has 164 valence electrons. The molecule has 0 radical (unpaired) electrons. The standard InChI is InChI=1S/C24H31N5O2/c1-2-20(3-1)28-8-10-29(11-9-28)24-25-15-19-17-27(7-6-21(19)26-24)16-18-4-5-22-23(14-18)31-13-12-30-22/h4-5,14-15,20H,1-3,6-13,16-17H2. The molecule has 2 aromatic rings. The van der Waals surface area contributed by atoms with Gasteiger partial charge in [-0.25, -0.2) is 9.97 Å². The van der Waals surface area contributed by atoms with Gasteiger partial charge in [0, 0.05) is 70.0 Å². The van der Waals surface area contributed by atoms with Gasteiger partial charge in [0.25, 0.3) is 0 Å². The summed E-state index contributed by atoms with van der Waals surface area (Å²) >= 11 is 0. The molecule has 7 heteroatoms. The van der Waals surface area contributed by atoms with Gasteiger partial charge < -0.3 is 14.4 Å². The Kier molecular flexibility index (Phi) is 5.16. The number of anilines is 1. The van der Waals surface area contributed by atoms with E-state index < -0.39 is 0 Å². The zero-order valence-corrected chi connectivity index (χ0v) is 18.1. The Morgan fingerprint density at radius 2 is 1.81 bits per heavy atom. The predicted molar refractivity (Wildman–Crippen MR) is 119 cm³/mol. The van der Waals surface area contributed by atoms with Crippen LogP contribution in [0.2, 0.25) is 0 Å². The van der Waals surface area contributed by atoms with E-state index in [2.05, 4.69) is 33.0 Å². The molecule has 6 rings (SSSR count). The lowest BCUT2D eigenvalue weighted by molar-refractivity contribution is 0.120. The molecule has 3 aliphatic heterocycles. The monoisotopic (exact) mass is 421 g/mol. The van der Waals surface area contributed by atoms with Gasteiger partial charge in [0.2, 0.25) is 5.95 Å². The highest BCUT2D eigenvalue weighted by Gasteiger charge is 2.29. The zero-order chi connectivity index (χ0) is 20.6. The fourth-order valence-corrected chi connectivity index (χ4v) is 5.13. The molecular formula is C24H31N5O2. The first-order valence-corrected chi connectivity index (χ1v) is 11.8. The smallest absolute Gasteiger partial charge is 0.225 e. The molecule has 2 fully saturated rings. The van der Waals surface area contributed by atoms with E-state index in [0.29, 0.717) is 13.2 Å². The van der Waals surface area contributed by atoms with Crippen LogP contribution in [0.1, 0.15) is 36.1 Å². The minimum Gasteiger partial charge on any atom is -0.486 e. The highest BCUT2D eigenvalue weighted by atomic mass is 16.6. The van der Waals surface area contributed by atoms with Crippen molar-refractivity contribution in [2.24, 2.45) is 0 Å². The summed E-state index contributed by atoms with van der Waals surface area (Å²) in [5.41, 5.74) is 3.75. The Balaban J connectivity index is 1.08. The van der Waals surface area contributed by atoms with Crippen LogP contribution in [0.4, 0.5) is 5.95 Å². The zero-order valence-electron chi connectivity index (χ0n) is 18.1. The number of hydrogen-bond donors (Lipinski definition) is 0. The number of ether oxygens (including phenoxy) is 2. The molecule has 0 spiro atoms. The molecule has 1 aromatic heterocycles. The van der Waals surface area contributed by atoms with E-state index in [1.807, 2.05) is 6.07 Å². The van der Waals surface area contributed by atoms with E-state index in [1.54, 1.807) is 0 Å². The van der Waals surface area contributed by atoms with E-state index in [4.69, 9.17) is 19.4 Å². The number of piperazine rings is 1. The molecule has 7 nitrogen and oxygen atoms in total. The highest BCUT2D eigenvalue weighted by molar-refractivity contribution is 5.44. The van der Waals surface area contributed by atoms with E-state index in [1.165, 1.54) is 36.1 Å². The van der Waals surface area contributed by atoms with Gasteiger partial charge in [0.05, 0.1) is 5.69 Å². The summed E-state index contributed by atoms with van der Waals surface area (Å²) in [6.45, 7) is 8.48. The van der Waals surface area contributed by atoms with Crippen LogP contribution in [0.3, 0.4) is 0 Å². The highest BCUT2D eigenvalue weighted by Crippen LogP contribution is 2.32. The Morgan fingerprint density at radius 3 is 2.61 bits per heavy atom. The van der Waals surface area contributed by atoms with Crippen molar-refractivity contribution in [2.45, 2.75) is 44.8 Å². The maximum Gasteiger partial charge on any atom is 0.225 e. The second-order valence-electron chi connectivity index (χ2n) is 9.19. The Bertz CT molecular complexity index is 940. The summed E-state index contributed by atoms with van der Waals surface area (Å²) in [5.74, 6) is 2.65. The second kappa shape index (κ2) is 8.28. The van der Waals surface area contributed by atoms with Crippen LogP contribution in [0.15, 0.2) is 24.4 Å². The lowest BCUT2D eigenvalue weighted by Gasteiger charge is -2.43. The molecule has 31 heavy (non-hydrogen) atoms. The van der Waals surface area contributed by atoms with E-state index in [9.17, 15) is 0 Å². The van der Waals surface area contributed by atoms with Crippen LogP contribution in [-0.2, 0) is 19.5 Å². The van der Waals surface area contributed by atoms with Gasteiger partial charge >= 0.3 is 0 Å². The molecule has 0 atom stereocenters. The van der Waals surface area contributed by atoms with Crippen LogP contribution in [0.25, 0.3) is 0 Å². The van der Waals surface area contributed by atoms with Gasteiger partial charge in [0.1, 0.15) is 13.2 Å². The van der Waals surface area contributed by atoms with Crippen LogP contribution < -0.4 is 14.4 Å². The van der Waals surface area contributed by atoms with Crippen molar-refractivity contribution in [3.8, 4) is 11.5 Å². The summed E-state index contributed by atoms with van der Waals surface area (Å²) in [4.78, 5) is 17.2. The van der Waals surface area contributed by atoms with Crippen LogP contribution in [0.5, 0.6) is 11.5 Å². The lowest BCUT2D eigenvalue weighted by atomic mass is 9.91. The van der Waals surface area contributed by atoms with Crippen molar-refractivity contribution in [3.05, 3.63) is 41.2 Å². The molecular weight excluding hydrogens is 390 g/mol. The molecule has 4 heterocycles. The average molecular weight is 422 g/mol. The molecule has 0 bridgehead atoms. The molecule has 0 unspecified atom stereocenters. The lowest BCUT2D eigenvalue weighted by Crippen LogP contribution is -2.52. The number of aromatic nitrogens is 2. The molecule has 0 N–H and O–H groups in total. The normalized spacial score (nSPS) is 22.1. The first-order valence-electron chi connectivity index (χ1n) is 11.8. The summed E-state index contributed by atoms with van der Waals surface area (Å²) in [6, 6.07) is 7.13. The average Bonchev–Trinajstić information content (AvgIpc) is 2.78. The Morgan fingerprint density at radius 1 is 0.968 bits per heavy atom. The number of benzene rings is 1. The van der Waals surface area contributed by atoms with Crippen molar-refractivity contribution in [1.82, 2.24) is 19.8 Å². The number of rotatable bonds is 4. The first-order chi connectivity index (χ1) is 15.3. The molecule has 1 saturated heterocycles.